The minimum absolute atomic E-state index is 0.0649. The highest BCUT2D eigenvalue weighted by Gasteiger charge is 2.35. The lowest BCUT2D eigenvalue weighted by Crippen LogP contribution is -2.54. The first-order chi connectivity index (χ1) is 10.1. The van der Waals surface area contributed by atoms with Gasteiger partial charge in [0.05, 0.1) is 0 Å². The van der Waals surface area contributed by atoms with Crippen molar-refractivity contribution in [1.82, 2.24) is 20.0 Å². The smallest absolute Gasteiger partial charge is 0.317 e. The Kier molecular flexibility index (Phi) is 4.33. The molecule has 2 aliphatic heterocycles. The number of nitrogens with zero attached hydrogens (tertiary/aromatic N) is 3. The van der Waals surface area contributed by atoms with Crippen molar-refractivity contribution in [2.24, 2.45) is 5.92 Å². The first kappa shape index (κ1) is 14.6. The number of hydrogen-bond acceptors (Lipinski definition) is 3. The van der Waals surface area contributed by atoms with Crippen LogP contribution in [0.4, 0.5) is 4.79 Å². The number of carbonyl (C=O) groups excluding carboxylic acids is 2. The minimum Gasteiger partial charge on any atom is -0.342 e. The third-order valence-electron chi connectivity index (χ3n) is 4.85. The quantitative estimate of drug-likeness (QED) is 0.799. The molecule has 0 aromatic carbocycles. The van der Waals surface area contributed by atoms with Crippen LogP contribution in [0.1, 0.15) is 25.7 Å². The highest BCUT2D eigenvalue weighted by atomic mass is 16.2. The van der Waals surface area contributed by atoms with E-state index in [0.717, 1.165) is 65.0 Å². The van der Waals surface area contributed by atoms with Gasteiger partial charge in [0, 0.05) is 51.2 Å². The van der Waals surface area contributed by atoms with Crippen LogP contribution in [0.2, 0.25) is 0 Å². The largest absolute Gasteiger partial charge is 0.342 e. The van der Waals surface area contributed by atoms with E-state index >= 15 is 0 Å². The third kappa shape index (κ3) is 3.67. The number of piperazine rings is 1. The first-order valence-electron chi connectivity index (χ1n) is 8.16. The van der Waals surface area contributed by atoms with E-state index in [4.69, 9.17) is 0 Å². The monoisotopic (exact) mass is 294 g/mol. The van der Waals surface area contributed by atoms with Gasteiger partial charge in [-0.05, 0) is 32.7 Å². The molecule has 0 atom stereocenters. The maximum Gasteiger partial charge on any atom is 0.317 e. The van der Waals surface area contributed by atoms with E-state index < -0.39 is 0 Å². The molecule has 1 saturated carbocycles. The van der Waals surface area contributed by atoms with E-state index in [9.17, 15) is 9.59 Å². The van der Waals surface area contributed by atoms with Crippen LogP contribution in [-0.2, 0) is 4.79 Å². The topological polar surface area (TPSA) is 55.9 Å². The van der Waals surface area contributed by atoms with Gasteiger partial charge in [0.1, 0.15) is 0 Å². The molecule has 0 spiro atoms. The van der Waals surface area contributed by atoms with Gasteiger partial charge >= 0.3 is 6.03 Å². The second-order valence-corrected chi connectivity index (χ2v) is 6.61. The highest BCUT2D eigenvalue weighted by Crippen LogP contribution is 2.31. The Hall–Kier alpha value is -1.30. The van der Waals surface area contributed by atoms with Crippen molar-refractivity contribution < 1.29 is 9.59 Å². The molecular formula is C15H26N4O2. The zero-order valence-corrected chi connectivity index (χ0v) is 12.9. The molecule has 6 heteroatoms. The van der Waals surface area contributed by atoms with Gasteiger partial charge in [-0.1, -0.05) is 0 Å². The zero-order chi connectivity index (χ0) is 14.8. The van der Waals surface area contributed by atoms with Crippen molar-refractivity contribution in [2.45, 2.75) is 31.7 Å². The number of nitrogens with one attached hydrogen (secondary N) is 1. The summed E-state index contributed by atoms with van der Waals surface area (Å²) in [5, 5.41) is 3.14. The van der Waals surface area contributed by atoms with Crippen molar-refractivity contribution in [3.63, 3.8) is 0 Å². The van der Waals surface area contributed by atoms with Crippen molar-refractivity contribution in [3.05, 3.63) is 0 Å². The molecule has 0 aromatic heterocycles. The average Bonchev–Trinajstić information content (AvgIpc) is 3.32. The van der Waals surface area contributed by atoms with Gasteiger partial charge in [-0.15, -0.1) is 0 Å². The summed E-state index contributed by atoms with van der Waals surface area (Å²) in [6.07, 6.45) is 3.91. The second kappa shape index (κ2) is 6.22. The van der Waals surface area contributed by atoms with Crippen LogP contribution in [-0.4, -0.2) is 79.0 Å². The maximum atomic E-state index is 12.2. The molecule has 0 unspecified atom stereocenters. The summed E-state index contributed by atoms with van der Waals surface area (Å²) in [5.41, 5.74) is 0. The van der Waals surface area contributed by atoms with E-state index in [2.05, 4.69) is 17.3 Å². The van der Waals surface area contributed by atoms with Crippen molar-refractivity contribution in [2.75, 3.05) is 46.3 Å². The summed E-state index contributed by atoms with van der Waals surface area (Å²) in [7, 11) is 2.09. The summed E-state index contributed by atoms with van der Waals surface area (Å²) >= 11 is 0. The average molecular weight is 294 g/mol. The Morgan fingerprint density at radius 3 is 2.05 bits per heavy atom. The molecule has 21 heavy (non-hydrogen) atoms. The van der Waals surface area contributed by atoms with Gasteiger partial charge in [-0.3, -0.25) is 4.79 Å². The standard InChI is InChI=1S/C15H26N4O2/c1-17-8-10-19(11-9-17)15(21)16-13-4-6-18(7-5-13)14(20)12-2-3-12/h12-13H,2-11H2,1H3,(H,16,21). The van der Waals surface area contributed by atoms with Crippen LogP contribution in [0.3, 0.4) is 0 Å². The Balaban J connectivity index is 1.40. The number of rotatable bonds is 2. The molecule has 6 nitrogen and oxygen atoms in total. The van der Waals surface area contributed by atoms with Crippen LogP contribution in [0.25, 0.3) is 0 Å². The number of urea groups is 1. The van der Waals surface area contributed by atoms with Gasteiger partial charge in [0.2, 0.25) is 5.91 Å². The predicted molar refractivity (Wildman–Crippen MR) is 79.9 cm³/mol. The molecule has 3 amide bonds. The zero-order valence-electron chi connectivity index (χ0n) is 12.9. The summed E-state index contributed by atoms with van der Waals surface area (Å²) in [6, 6.07) is 0.287. The molecule has 3 fully saturated rings. The molecule has 1 N–H and O–H groups in total. The molecule has 3 aliphatic rings. The predicted octanol–water partition coefficient (Wildman–Crippen LogP) is 0.344. The lowest BCUT2D eigenvalue weighted by Gasteiger charge is -2.36. The Morgan fingerprint density at radius 2 is 1.48 bits per heavy atom. The summed E-state index contributed by atoms with van der Waals surface area (Å²) < 4.78 is 0. The minimum atomic E-state index is 0.0649. The fourth-order valence-corrected chi connectivity index (χ4v) is 3.11. The summed E-state index contributed by atoms with van der Waals surface area (Å²) in [6.45, 7) is 5.10. The van der Waals surface area contributed by atoms with Crippen LogP contribution in [0, 0.1) is 5.92 Å². The van der Waals surface area contributed by atoms with Gasteiger partial charge in [0.25, 0.3) is 0 Å². The molecule has 1 aliphatic carbocycles. The molecule has 0 aromatic rings. The number of likely N-dealkylation sites (N-methyl/N-ethyl adjacent to an activating group) is 1. The van der Waals surface area contributed by atoms with Crippen LogP contribution >= 0.6 is 0 Å². The van der Waals surface area contributed by atoms with E-state index in [1.54, 1.807) is 0 Å². The van der Waals surface area contributed by atoms with Crippen LogP contribution in [0.15, 0.2) is 0 Å². The van der Waals surface area contributed by atoms with Gasteiger partial charge in [-0.25, -0.2) is 4.79 Å². The Bertz CT molecular complexity index is 394. The van der Waals surface area contributed by atoms with Crippen LogP contribution in [0.5, 0.6) is 0 Å². The highest BCUT2D eigenvalue weighted by molar-refractivity contribution is 5.81. The van der Waals surface area contributed by atoms with Crippen molar-refractivity contribution >= 4 is 11.9 Å². The van der Waals surface area contributed by atoms with E-state index in [-0.39, 0.29) is 12.1 Å². The molecular weight excluding hydrogens is 268 g/mol. The maximum absolute atomic E-state index is 12.2. The second-order valence-electron chi connectivity index (χ2n) is 6.61. The molecule has 0 radical (unpaired) electrons. The fourth-order valence-electron chi connectivity index (χ4n) is 3.11. The van der Waals surface area contributed by atoms with Crippen LogP contribution < -0.4 is 5.32 Å². The Morgan fingerprint density at radius 1 is 0.857 bits per heavy atom. The normalized spacial score (nSPS) is 25.0. The molecule has 118 valence electrons. The molecule has 3 rings (SSSR count). The van der Waals surface area contributed by atoms with Crippen molar-refractivity contribution in [1.29, 1.82) is 0 Å². The third-order valence-corrected chi connectivity index (χ3v) is 4.85. The number of likely N-dealkylation sites (tertiary alicyclic amines) is 1. The Labute approximate surface area is 126 Å². The van der Waals surface area contributed by atoms with E-state index in [0.29, 0.717) is 11.8 Å². The summed E-state index contributed by atoms with van der Waals surface area (Å²) in [5.74, 6) is 0.639. The lowest BCUT2D eigenvalue weighted by molar-refractivity contribution is -0.133. The molecule has 0 bridgehead atoms. The lowest BCUT2D eigenvalue weighted by atomic mass is 10.0. The van der Waals surface area contributed by atoms with Gasteiger partial charge < -0.3 is 20.0 Å². The number of hydrogen-bond donors (Lipinski definition) is 1. The van der Waals surface area contributed by atoms with Gasteiger partial charge in [0.15, 0.2) is 0 Å². The number of piperidine rings is 1. The number of carbonyl (C=O) groups is 2. The molecule has 2 heterocycles. The SMILES string of the molecule is CN1CCN(C(=O)NC2CCN(C(=O)C3CC3)CC2)CC1. The fraction of sp³-hybridized carbons (Fsp3) is 0.867. The van der Waals surface area contributed by atoms with Gasteiger partial charge in [-0.2, -0.15) is 0 Å². The van der Waals surface area contributed by atoms with E-state index in [1.807, 2.05) is 9.80 Å². The van der Waals surface area contributed by atoms with Crippen molar-refractivity contribution in [3.8, 4) is 0 Å². The first-order valence-corrected chi connectivity index (χ1v) is 8.16. The van der Waals surface area contributed by atoms with E-state index in [1.165, 1.54) is 0 Å². The summed E-state index contributed by atoms with van der Waals surface area (Å²) in [4.78, 5) is 30.3. The molecule has 2 saturated heterocycles. The number of amides is 3.